The third-order valence-electron chi connectivity index (χ3n) is 2.49. The van der Waals surface area contributed by atoms with Crippen molar-refractivity contribution in [3.8, 4) is 5.75 Å². The van der Waals surface area contributed by atoms with Gasteiger partial charge < -0.3 is 10.5 Å². The second-order valence-corrected chi connectivity index (χ2v) is 4.06. The van der Waals surface area contributed by atoms with E-state index in [4.69, 9.17) is 22.1 Å². The lowest BCUT2D eigenvalue weighted by atomic mass is 10.1. The number of aryl methyl sites for hydroxylation is 1. The first-order valence-corrected chi connectivity index (χ1v) is 5.36. The van der Waals surface area contributed by atoms with Crippen LogP contribution in [0.25, 0.3) is 10.9 Å². The lowest BCUT2D eigenvalue weighted by molar-refractivity contribution is 0.100. The molecule has 5 heteroatoms. The van der Waals surface area contributed by atoms with E-state index in [2.05, 4.69) is 4.98 Å². The van der Waals surface area contributed by atoms with Crippen LogP contribution in [-0.4, -0.2) is 18.0 Å². The quantitative estimate of drug-likeness (QED) is 0.889. The van der Waals surface area contributed by atoms with Crippen molar-refractivity contribution in [1.82, 2.24) is 4.98 Å². The number of primary amides is 1. The number of ether oxygens (including phenoxy) is 1. The normalized spacial score (nSPS) is 10.5. The number of benzene rings is 1. The van der Waals surface area contributed by atoms with Gasteiger partial charge in [0.15, 0.2) is 0 Å². The number of carbonyl (C=O) groups excluding carboxylic acids is 1. The van der Waals surface area contributed by atoms with Crippen LogP contribution in [0.15, 0.2) is 18.2 Å². The summed E-state index contributed by atoms with van der Waals surface area (Å²) in [6.07, 6.45) is 0. The molecule has 2 aromatic rings. The summed E-state index contributed by atoms with van der Waals surface area (Å²) in [6.45, 7) is 1.78. The zero-order valence-corrected chi connectivity index (χ0v) is 10.2. The van der Waals surface area contributed by atoms with Crippen molar-refractivity contribution in [3.05, 3.63) is 34.5 Å². The summed E-state index contributed by atoms with van der Waals surface area (Å²) < 4.78 is 5.20. The Bertz CT molecular complexity index is 611. The lowest BCUT2D eigenvalue weighted by Gasteiger charge is -2.10. The van der Waals surface area contributed by atoms with Gasteiger partial charge >= 0.3 is 0 Å². The number of fused-ring (bicyclic) bond motifs is 1. The van der Waals surface area contributed by atoms with Gasteiger partial charge in [0.25, 0.3) is 0 Å². The van der Waals surface area contributed by atoms with Crippen LogP contribution in [0, 0.1) is 6.92 Å². The molecule has 0 unspecified atom stereocenters. The highest BCUT2D eigenvalue weighted by Crippen LogP contribution is 2.32. The predicted octanol–water partition coefficient (Wildman–Crippen LogP) is 2.30. The molecule has 2 rings (SSSR count). The fourth-order valence-corrected chi connectivity index (χ4v) is 2.02. The molecule has 1 aromatic carbocycles. The van der Waals surface area contributed by atoms with Crippen molar-refractivity contribution in [2.24, 2.45) is 5.73 Å². The minimum atomic E-state index is -0.532. The summed E-state index contributed by atoms with van der Waals surface area (Å²) in [7, 11) is 1.54. The molecule has 2 N–H and O–H groups in total. The fraction of sp³-hybridized carbons (Fsp3) is 0.167. The van der Waals surface area contributed by atoms with Crippen LogP contribution < -0.4 is 10.5 Å². The minimum Gasteiger partial charge on any atom is -0.494 e. The summed E-state index contributed by atoms with van der Waals surface area (Å²) in [6, 6.07) is 4.99. The first kappa shape index (κ1) is 11.7. The van der Waals surface area contributed by atoms with E-state index >= 15 is 0 Å². The fourth-order valence-electron chi connectivity index (χ4n) is 1.76. The van der Waals surface area contributed by atoms with Gasteiger partial charge in [-0.3, -0.25) is 4.79 Å². The number of nitrogens with two attached hydrogens (primary N) is 1. The van der Waals surface area contributed by atoms with E-state index in [0.29, 0.717) is 32.9 Å². The van der Waals surface area contributed by atoms with Crippen LogP contribution in [0.4, 0.5) is 0 Å². The number of methoxy groups -OCH3 is 1. The largest absolute Gasteiger partial charge is 0.494 e. The second kappa shape index (κ2) is 4.22. The van der Waals surface area contributed by atoms with Gasteiger partial charge in [0.2, 0.25) is 5.91 Å². The Morgan fingerprint density at radius 3 is 2.76 bits per heavy atom. The zero-order chi connectivity index (χ0) is 12.6. The Kier molecular flexibility index (Phi) is 2.90. The Morgan fingerprint density at radius 1 is 1.47 bits per heavy atom. The first-order chi connectivity index (χ1) is 8.04. The highest BCUT2D eigenvalue weighted by Gasteiger charge is 2.15. The molecule has 0 radical (unpaired) electrons. The van der Waals surface area contributed by atoms with Crippen LogP contribution in [-0.2, 0) is 0 Å². The number of hydrogen-bond donors (Lipinski definition) is 1. The Balaban J connectivity index is 2.97. The van der Waals surface area contributed by atoms with Gasteiger partial charge in [-0.05, 0) is 25.1 Å². The Hall–Kier alpha value is -1.81. The van der Waals surface area contributed by atoms with Gasteiger partial charge in [-0.25, -0.2) is 4.98 Å². The van der Waals surface area contributed by atoms with E-state index in [1.165, 1.54) is 7.11 Å². The molecule has 0 spiro atoms. The van der Waals surface area contributed by atoms with Crippen LogP contribution in [0.2, 0.25) is 5.02 Å². The number of aromatic nitrogens is 1. The summed E-state index contributed by atoms with van der Waals surface area (Å²) in [5.41, 5.74) is 6.94. The minimum absolute atomic E-state index is 0.358. The van der Waals surface area contributed by atoms with Crippen LogP contribution in [0.1, 0.15) is 16.1 Å². The number of rotatable bonds is 2. The molecule has 0 aliphatic heterocycles. The molecule has 0 aliphatic rings. The molecule has 17 heavy (non-hydrogen) atoms. The topological polar surface area (TPSA) is 65.2 Å². The van der Waals surface area contributed by atoms with E-state index in [9.17, 15) is 4.79 Å². The van der Waals surface area contributed by atoms with Crippen molar-refractivity contribution in [2.75, 3.05) is 7.11 Å². The van der Waals surface area contributed by atoms with Crippen molar-refractivity contribution >= 4 is 28.4 Å². The molecule has 4 nitrogen and oxygen atoms in total. The number of amides is 1. The SMILES string of the molecule is COc1ccc(Cl)c2c(C(N)=O)cc(C)nc12. The van der Waals surface area contributed by atoms with Crippen LogP contribution in [0.5, 0.6) is 5.75 Å². The van der Waals surface area contributed by atoms with Crippen LogP contribution in [0.3, 0.4) is 0 Å². The lowest BCUT2D eigenvalue weighted by Crippen LogP contribution is -2.12. The van der Waals surface area contributed by atoms with Gasteiger partial charge in [-0.1, -0.05) is 11.6 Å². The van der Waals surface area contributed by atoms with Crippen molar-refractivity contribution in [2.45, 2.75) is 6.92 Å². The van der Waals surface area contributed by atoms with Gasteiger partial charge in [-0.2, -0.15) is 0 Å². The van der Waals surface area contributed by atoms with E-state index in [1.54, 1.807) is 25.1 Å². The standard InChI is InChI=1S/C12H11ClN2O2/c1-6-5-7(12(14)16)10-8(13)3-4-9(17-2)11(10)15-6/h3-5H,1-2H3,(H2,14,16). The maximum absolute atomic E-state index is 11.4. The third-order valence-corrected chi connectivity index (χ3v) is 2.80. The van der Waals surface area contributed by atoms with Crippen molar-refractivity contribution in [1.29, 1.82) is 0 Å². The molecule has 0 bridgehead atoms. The maximum Gasteiger partial charge on any atom is 0.249 e. The molecule has 0 saturated carbocycles. The molecule has 0 atom stereocenters. The van der Waals surface area contributed by atoms with Gasteiger partial charge in [0.05, 0.1) is 17.7 Å². The number of nitrogens with zero attached hydrogens (tertiary/aromatic N) is 1. The molecule has 88 valence electrons. The van der Waals surface area contributed by atoms with E-state index in [-0.39, 0.29) is 0 Å². The molecule has 0 aliphatic carbocycles. The molecule has 0 fully saturated rings. The summed E-state index contributed by atoms with van der Waals surface area (Å²) in [5, 5.41) is 0.964. The number of carbonyl (C=O) groups is 1. The second-order valence-electron chi connectivity index (χ2n) is 3.65. The zero-order valence-electron chi connectivity index (χ0n) is 9.45. The molecule has 0 saturated heterocycles. The van der Waals surface area contributed by atoms with E-state index in [0.717, 1.165) is 0 Å². The highest BCUT2D eigenvalue weighted by molar-refractivity contribution is 6.37. The molecule has 1 aromatic heterocycles. The summed E-state index contributed by atoms with van der Waals surface area (Å²) >= 11 is 6.08. The smallest absolute Gasteiger partial charge is 0.249 e. The predicted molar refractivity (Wildman–Crippen MR) is 66.6 cm³/mol. The molecular weight excluding hydrogens is 240 g/mol. The highest BCUT2D eigenvalue weighted by atomic mass is 35.5. The molecule has 1 heterocycles. The number of hydrogen-bond acceptors (Lipinski definition) is 3. The Labute approximate surface area is 103 Å². The average molecular weight is 251 g/mol. The average Bonchev–Trinajstić information content (AvgIpc) is 2.28. The van der Waals surface area contributed by atoms with Gasteiger partial charge in [0, 0.05) is 11.1 Å². The molecular formula is C12H11ClN2O2. The third kappa shape index (κ3) is 1.91. The maximum atomic E-state index is 11.4. The summed E-state index contributed by atoms with van der Waals surface area (Å²) in [4.78, 5) is 15.7. The first-order valence-electron chi connectivity index (χ1n) is 4.98. The van der Waals surface area contributed by atoms with Crippen LogP contribution >= 0.6 is 11.6 Å². The molecule has 1 amide bonds. The van der Waals surface area contributed by atoms with E-state index < -0.39 is 5.91 Å². The Morgan fingerprint density at radius 2 is 2.18 bits per heavy atom. The van der Waals surface area contributed by atoms with E-state index in [1.807, 2.05) is 0 Å². The van der Waals surface area contributed by atoms with Gasteiger partial charge in [0.1, 0.15) is 11.3 Å². The summed E-state index contributed by atoms with van der Waals surface area (Å²) in [5.74, 6) is 0.0336. The number of pyridine rings is 1. The number of halogens is 1. The van der Waals surface area contributed by atoms with Crippen molar-refractivity contribution in [3.63, 3.8) is 0 Å². The van der Waals surface area contributed by atoms with Crippen molar-refractivity contribution < 1.29 is 9.53 Å². The monoisotopic (exact) mass is 250 g/mol. The van der Waals surface area contributed by atoms with Gasteiger partial charge in [-0.15, -0.1) is 0 Å².